The van der Waals surface area contributed by atoms with Crippen molar-refractivity contribution in [3.8, 4) is 6.07 Å². The average molecular weight is 278 g/mol. The van der Waals surface area contributed by atoms with Gasteiger partial charge in [0.15, 0.2) is 0 Å². The molecular formula is C18H18N2O. The summed E-state index contributed by atoms with van der Waals surface area (Å²) in [5, 5.41) is 11.9. The lowest BCUT2D eigenvalue weighted by atomic mass is 10.0. The van der Waals surface area contributed by atoms with E-state index < -0.39 is 0 Å². The highest BCUT2D eigenvalue weighted by Crippen LogP contribution is 2.22. The standard InChI is InChI=1S/C18H18N2O/c1-4-14-7-5-6-12(2)17(14)20-18(21)15-8-9-16(11-19)13(3)10-15/h5-10H,4H2,1-3H3,(H,20,21). The van der Waals surface area contributed by atoms with Gasteiger partial charge in [0.25, 0.3) is 5.91 Å². The Kier molecular flexibility index (Phi) is 4.39. The first-order valence-corrected chi connectivity index (χ1v) is 6.97. The van der Waals surface area contributed by atoms with Gasteiger partial charge in [-0.3, -0.25) is 4.79 Å². The number of para-hydroxylation sites is 1. The minimum atomic E-state index is -0.147. The van der Waals surface area contributed by atoms with Crippen LogP contribution in [-0.4, -0.2) is 5.91 Å². The second-order valence-corrected chi connectivity index (χ2v) is 5.06. The number of amides is 1. The summed E-state index contributed by atoms with van der Waals surface area (Å²) in [6.07, 6.45) is 0.865. The third kappa shape index (κ3) is 3.11. The number of anilines is 1. The van der Waals surface area contributed by atoms with Crippen LogP contribution in [0.5, 0.6) is 0 Å². The molecule has 2 aromatic rings. The summed E-state index contributed by atoms with van der Waals surface area (Å²) >= 11 is 0. The van der Waals surface area contributed by atoms with E-state index in [1.165, 1.54) is 0 Å². The summed E-state index contributed by atoms with van der Waals surface area (Å²) in [6, 6.07) is 13.2. The molecule has 106 valence electrons. The van der Waals surface area contributed by atoms with E-state index in [0.717, 1.165) is 28.8 Å². The van der Waals surface area contributed by atoms with Crippen LogP contribution >= 0.6 is 0 Å². The molecule has 1 amide bonds. The van der Waals surface area contributed by atoms with Gasteiger partial charge in [-0.1, -0.05) is 25.1 Å². The molecule has 3 heteroatoms. The first-order chi connectivity index (χ1) is 10.1. The highest BCUT2D eigenvalue weighted by atomic mass is 16.1. The van der Waals surface area contributed by atoms with Crippen molar-refractivity contribution in [1.29, 1.82) is 5.26 Å². The molecule has 0 bridgehead atoms. The van der Waals surface area contributed by atoms with E-state index >= 15 is 0 Å². The summed E-state index contributed by atoms with van der Waals surface area (Å²) in [7, 11) is 0. The fourth-order valence-electron chi connectivity index (χ4n) is 2.32. The molecular weight excluding hydrogens is 260 g/mol. The molecule has 0 aliphatic rings. The SMILES string of the molecule is CCc1cccc(C)c1NC(=O)c1ccc(C#N)c(C)c1. The number of hydrogen-bond acceptors (Lipinski definition) is 2. The van der Waals surface area contributed by atoms with Gasteiger partial charge in [-0.25, -0.2) is 0 Å². The third-order valence-electron chi connectivity index (χ3n) is 3.59. The lowest BCUT2D eigenvalue weighted by Gasteiger charge is -2.13. The molecule has 2 rings (SSSR count). The number of benzene rings is 2. The van der Waals surface area contributed by atoms with E-state index in [1.807, 2.05) is 32.0 Å². The fraction of sp³-hybridized carbons (Fsp3) is 0.222. The number of hydrogen-bond donors (Lipinski definition) is 1. The smallest absolute Gasteiger partial charge is 0.255 e. The Balaban J connectivity index is 2.31. The molecule has 21 heavy (non-hydrogen) atoms. The maximum absolute atomic E-state index is 12.4. The van der Waals surface area contributed by atoms with Gasteiger partial charge < -0.3 is 5.32 Å². The highest BCUT2D eigenvalue weighted by molar-refractivity contribution is 6.05. The second-order valence-electron chi connectivity index (χ2n) is 5.06. The number of nitrogens with one attached hydrogen (secondary N) is 1. The van der Waals surface area contributed by atoms with Crippen molar-refractivity contribution in [2.24, 2.45) is 0 Å². The number of nitriles is 1. The molecule has 0 heterocycles. The van der Waals surface area contributed by atoms with Crippen molar-refractivity contribution in [1.82, 2.24) is 0 Å². The van der Waals surface area contributed by atoms with Gasteiger partial charge in [-0.05, 0) is 55.2 Å². The highest BCUT2D eigenvalue weighted by Gasteiger charge is 2.11. The van der Waals surface area contributed by atoms with Crippen molar-refractivity contribution in [2.45, 2.75) is 27.2 Å². The molecule has 0 aliphatic carbocycles. The number of carbonyl (C=O) groups excluding carboxylic acids is 1. The second kappa shape index (κ2) is 6.23. The molecule has 3 nitrogen and oxygen atoms in total. The Morgan fingerprint density at radius 2 is 1.95 bits per heavy atom. The molecule has 0 saturated heterocycles. The minimum Gasteiger partial charge on any atom is -0.321 e. The van der Waals surface area contributed by atoms with Crippen molar-refractivity contribution in [3.63, 3.8) is 0 Å². The summed E-state index contributed by atoms with van der Waals surface area (Å²) in [5.74, 6) is -0.147. The number of aryl methyl sites for hydroxylation is 3. The van der Waals surface area contributed by atoms with Gasteiger partial charge in [-0.15, -0.1) is 0 Å². The summed E-state index contributed by atoms with van der Waals surface area (Å²) < 4.78 is 0. The van der Waals surface area contributed by atoms with Crippen LogP contribution in [0.2, 0.25) is 0 Å². The third-order valence-corrected chi connectivity index (χ3v) is 3.59. The Morgan fingerprint density at radius 1 is 1.19 bits per heavy atom. The largest absolute Gasteiger partial charge is 0.321 e. The summed E-state index contributed by atoms with van der Waals surface area (Å²) in [6.45, 7) is 5.88. The first kappa shape index (κ1) is 14.8. The summed E-state index contributed by atoms with van der Waals surface area (Å²) in [4.78, 5) is 12.4. The van der Waals surface area contributed by atoms with Crippen LogP contribution in [0.3, 0.4) is 0 Å². The van der Waals surface area contributed by atoms with Gasteiger partial charge in [0.2, 0.25) is 0 Å². The Morgan fingerprint density at radius 3 is 2.57 bits per heavy atom. The van der Waals surface area contributed by atoms with Crippen LogP contribution in [0.15, 0.2) is 36.4 Å². The summed E-state index contributed by atoms with van der Waals surface area (Å²) in [5.41, 5.74) is 5.02. The number of carbonyl (C=O) groups is 1. The molecule has 0 aromatic heterocycles. The van der Waals surface area contributed by atoms with Gasteiger partial charge in [-0.2, -0.15) is 5.26 Å². The van der Waals surface area contributed by atoms with E-state index in [9.17, 15) is 4.79 Å². The predicted molar refractivity (Wildman–Crippen MR) is 84.4 cm³/mol. The normalized spacial score (nSPS) is 10.0. The predicted octanol–water partition coefficient (Wildman–Crippen LogP) is 3.99. The van der Waals surface area contributed by atoms with E-state index in [-0.39, 0.29) is 5.91 Å². The Hall–Kier alpha value is -2.60. The quantitative estimate of drug-likeness (QED) is 0.923. The van der Waals surface area contributed by atoms with Gasteiger partial charge in [0.1, 0.15) is 0 Å². The molecule has 0 saturated carbocycles. The minimum absolute atomic E-state index is 0.147. The molecule has 0 atom stereocenters. The molecule has 2 aromatic carbocycles. The molecule has 0 radical (unpaired) electrons. The van der Waals surface area contributed by atoms with Gasteiger partial charge in [0.05, 0.1) is 11.6 Å². The number of rotatable bonds is 3. The topological polar surface area (TPSA) is 52.9 Å². The van der Waals surface area contributed by atoms with E-state index in [1.54, 1.807) is 18.2 Å². The van der Waals surface area contributed by atoms with Crippen LogP contribution in [0.25, 0.3) is 0 Å². The molecule has 1 N–H and O–H groups in total. The Labute approximate surface area is 125 Å². The lowest BCUT2D eigenvalue weighted by Crippen LogP contribution is -2.14. The maximum Gasteiger partial charge on any atom is 0.255 e. The molecule has 0 spiro atoms. The lowest BCUT2D eigenvalue weighted by molar-refractivity contribution is 0.102. The molecule has 0 unspecified atom stereocenters. The maximum atomic E-state index is 12.4. The molecule has 0 aliphatic heterocycles. The zero-order valence-corrected chi connectivity index (χ0v) is 12.5. The average Bonchev–Trinajstić information content (AvgIpc) is 2.49. The number of nitrogens with zero attached hydrogens (tertiary/aromatic N) is 1. The van der Waals surface area contributed by atoms with Crippen molar-refractivity contribution in [3.05, 3.63) is 64.2 Å². The zero-order chi connectivity index (χ0) is 15.4. The van der Waals surface area contributed by atoms with Crippen LogP contribution < -0.4 is 5.32 Å². The van der Waals surface area contributed by atoms with Crippen LogP contribution in [-0.2, 0) is 6.42 Å². The van der Waals surface area contributed by atoms with Crippen LogP contribution in [0, 0.1) is 25.2 Å². The van der Waals surface area contributed by atoms with Crippen LogP contribution in [0.1, 0.15) is 39.5 Å². The fourth-order valence-corrected chi connectivity index (χ4v) is 2.32. The van der Waals surface area contributed by atoms with Crippen LogP contribution in [0.4, 0.5) is 5.69 Å². The van der Waals surface area contributed by atoms with E-state index in [0.29, 0.717) is 11.1 Å². The van der Waals surface area contributed by atoms with Crippen molar-refractivity contribution < 1.29 is 4.79 Å². The van der Waals surface area contributed by atoms with Crippen molar-refractivity contribution in [2.75, 3.05) is 5.32 Å². The zero-order valence-electron chi connectivity index (χ0n) is 12.5. The van der Waals surface area contributed by atoms with Crippen molar-refractivity contribution >= 4 is 11.6 Å². The van der Waals surface area contributed by atoms with E-state index in [4.69, 9.17) is 5.26 Å². The Bertz CT molecular complexity index is 726. The van der Waals surface area contributed by atoms with E-state index in [2.05, 4.69) is 18.3 Å². The monoisotopic (exact) mass is 278 g/mol. The first-order valence-electron chi connectivity index (χ1n) is 6.97. The molecule has 0 fully saturated rings. The van der Waals surface area contributed by atoms with Gasteiger partial charge >= 0.3 is 0 Å². The van der Waals surface area contributed by atoms with Gasteiger partial charge in [0, 0.05) is 11.3 Å².